The first-order valence-corrected chi connectivity index (χ1v) is 9.27. The van der Waals surface area contributed by atoms with Crippen LogP contribution in [-0.2, 0) is 0 Å². The zero-order valence-corrected chi connectivity index (χ0v) is 15.8. The van der Waals surface area contributed by atoms with Crippen LogP contribution in [0.5, 0.6) is 0 Å². The number of hydrogen-bond acceptors (Lipinski definition) is 6. The lowest BCUT2D eigenvalue weighted by atomic mass is 10.1. The van der Waals surface area contributed by atoms with Crippen molar-refractivity contribution in [2.45, 2.75) is 13.8 Å². The van der Waals surface area contributed by atoms with Crippen LogP contribution < -0.4 is 15.1 Å². The highest BCUT2D eigenvalue weighted by atomic mass is 15.3. The first kappa shape index (κ1) is 17.3. The number of nitrogens with zero attached hydrogens (tertiary/aromatic N) is 5. The molecular weight excluding hydrogens is 336 g/mol. The van der Waals surface area contributed by atoms with E-state index >= 15 is 0 Å². The summed E-state index contributed by atoms with van der Waals surface area (Å²) in [4.78, 5) is 17.9. The third kappa shape index (κ3) is 3.84. The van der Waals surface area contributed by atoms with E-state index in [0.29, 0.717) is 0 Å². The van der Waals surface area contributed by atoms with Crippen molar-refractivity contribution in [2.24, 2.45) is 0 Å². The predicted octanol–water partition coefficient (Wildman–Crippen LogP) is 3.56. The smallest absolute Gasteiger partial charge is 0.135 e. The summed E-state index contributed by atoms with van der Waals surface area (Å²) >= 11 is 0. The second-order valence-corrected chi connectivity index (χ2v) is 6.80. The SMILES string of the molecule is Cc1cccc(Nc2cc(N3CCN(c4ccccn4)CC3)ncn2)c1C. The molecule has 1 fully saturated rings. The average molecular weight is 360 g/mol. The molecule has 1 aromatic carbocycles. The van der Waals surface area contributed by atoms with Crippen LogP contribution in [0.1, 0.15) is 11.1 Å². The number of aryl methyl sites for hydroxylation is 1. The average Bonchev–Trinajstić information content (AvgIpc) is 2.72. The molecule has 3 aromatic rings. The highest BCUT2D eigenvalue weighted by molar-refractivity contribution is 5.64. The summed E-state index contributed by atoms with van der Waals surface area (Å²) < 4.78 is 0. The maximum atomic E-state index is 4.48. The second kappa shape index (κ2) is 7.61. The van der Waals surface area contributed by atoms with E-state index in [2.05, 4.69) is 68.2 Å². The van der Waals surface area contributed by atoms with Gasteiger partial charge in [-0.3, -0.25) is 0 Å². The minimum atomic E-state index is 0.820. The predicted molar refractivity (Wildman–Crippen MR) is 110 cm³/mol. The number of rotatable bonds is 4. The summed E-state index contributed by atoms with van der Waals surface area (Å²) in [6, 6.07) is 14.3. The van der Waals surface area contributed by atoms with Crippen molar-refractivity contribution in [1.82, 2.24) is 15.0 Å². The van der Waals surface area contributed by atoms with Crippen molar-refractivity contribution in [3.63, 3.8) is 0 Å². The highest BCUT2D eigenvalue weighted by Crippen LogP contribution is 2.24. The molecule has 1 N–H and O–H groups in total. The number of pyridine rings is 1. The molecule has 4 rings (SSSR count). The van der Waals surface area contributed by atoms with Gasteiger partial charge in [-0.2, -0.15) is 0 Å². The van der Waals surface area contributed by atoms with Crippen LogP contribution in [0.25, 0.3) is 0 Å². The van der Waals surface area contributed by atoms with Gasteiger partial charge in [-0.05, 0) is 43.2 Å². The molecule has 0 amide bonds. The van der Waals surface area contributed by atoms with Gasteiger partial charge in [-0.15, -0.1) is 0 Å². The van der Waals surface area contributed by atoms with E-state index in [0.717, 1.165) is 49.3 Å². The van der Waals surface area contributed by atoms with Gasteiger partial charge in [0.25, 0.3) is 0 Å². The van der Waals surface area contributed by atoms with Gasteiger partial charge in [0.15, 0.2) is 0 Å². The fourth-order valence-corrected chi connectivity index (χ4v) is 3.32. The summed E-state index contributed by atoms with van der Waals surface area (Å²) in [5.41, 5.74) is 3.58. The van der Waals surface area contributed by atoms with E-state index in [4.69, 9.17) is 0 Å². The number of aromatic nitrogens is 3. The summed E-state index contributed by atoms with van der Waals surface area (Å²) in [5.74, 6) is 2.82. The summed E-state index contributed by atoms with van der Waals surface area (Å²) in [7, 11) is 0. The van der Waals surface area contributed by atoms with E-state index < -0.39 is 0 Å². The Morgan fingerprint density at radius 1 is 0.815 bits per heavy atom. The standard InChI is InChI=1S/C21H24N6/c1-16-6-5-7-18(17(16)2)25-19-14-21(24-15-23-19)27-12-10-26(11-13-27)20-8-3-4-9-22-20/h3-9,14-15H,10-13H2,1-2H3,(H,23,24,25). The van der Waals surface area contributed by atoms with Crippen LogP contribution in [0, 0.1) is 13.8 Å². The van der Waals surface area contributed by atoms with Crippen LogP contribution in [0.3, 0.4) is 0 Å². The number of anilines is 4. The molecule has 6 nitrogen and oxygen atoms in total. The van der Waals surface area contributed by atoms with Crippen LogP contribution in [0.15, 0.2) is 55.0 Å². The minimum absolute atomic E-state index is 0.820. The van der Waals surface area contributed by atoms with Gasteiger partial charge in [-0.1, -0.05) is 18.2 Å². The van der Waals surface area contributed by atoms with Crippen molar-refractivity contribution >= 4 is 23.1 Å². The number of piperazine rings is 1. The lowest BCUT2D eigenvalue weighted by Gasteiger charge is -2.36. The van der Waals surface area contributed by atoms with E-state index in [9.17, 15) is 0 Å². The maximum absolute atomic E-state index is 4.48. The molecule has 1 saturated heterocycles. The van der Waals surface area contributed by atoms with Crippen molar-refractivity contribution in [2.75, 3.05) is 41.3 Å². The van der Waals surface area contributed by atoms with Crippen molar-refractivity contribution in [3.8, 4) is 0 Å². The van der Waals surface area contributed by atoms with E-state index in [1.165, 1.54) is 11.1 Å². The van der Waals surface area contributed by atoms with Crippen LogP contribution in [-0.4, -0.2) is 41.1 Å². The Bertz CT molecular complexity index is 904. The normalized spacial score (nSPS) is 14.3. The molecule has 0 spiro atoms. The molecule has 0 bridgehead atoms. The van der Waals surface area contributed by atoms with Crippen molar-refractivity contribution in [1.29, 1.82) is 0 Å². The first-order chi connectivity index (χ1) is 13.2. The lowest BCUT2D eigenvalue weighted by molar-refractivity contribution is 0.641. The Hall–Kier alpha value is -3.15. The quantitative estimate of drug-likeness (QED) is 0.768. The molecule has 3 heterocycles. The third-order valence-electron chi connectivity index (χ3n) is 5.10. The molecule has 1 aliphatic heterocycles. The van der Waals surface area contributed by atoms with Gasteiger partial charge >= 0.3 is 0 Å². The minimum Gasteiger partial charge on any atom is -0.353 e. The lowest BCUT2D eigenvalue weighted by Crippen LogP contribution is -2.47. The van der Waals surface area contributed by atoms with E-state index in [1.807, 2.05) is 24.4 Å². The van der Waals surface area contributed by atoms with Gasteiger partial charge in [0.1, 0.15) is 23.8 Å². The number of benzene rings is 1. The molecule has 0 radical (unpaired) electrons. The van der Waals surface area contributed by atoms with E-state index in [-0.39, 0.29) is 0 Å². The zero-order valence-electron chi connectivity index (χ0n) is 15.8. The second-order valence-electron chi connectivity index (χ2n) is 6.80. The highest BCUT2D eigenvalue weighted by Gasteiger charge is 2.19. The molecule has 0 unspecified atom stereocenters. The molecule has 6 heteroatoms. The molecular formula is C21H24N6. The first-order valence-electron chi connectivity index (χ1n) is 9.27. The molecule has 0 saturated carbocycles. The maximum Gasteiger partial charge on any atom is 0.135 e. The topological polar surface area (TPSA) is 57.2 Å². The Morgan fingerprint density at radius 2 is 1.59 bits per heavy atom. The van der Waals surface area contributed by atoms with Gasteiger partial charge in [0.2, 0.25) is 0 Å². The third-order valence-corrected chi connectivity index (χ3v) is 5.10. The molecule has 1 aliphatic rings. The van der Waals surface area contributed by atoms with Gasteiger partial charge in [0.05, 0.1) is 0 Å². The van der Waals surface area contributed by atoms with Gasteiger partial charge < -0.3 is 15.1 Å². The zero-order chi connectivity index (χ0) is 18.6. The summed E-state index contributed by atoms with van der Waals surface area (Å²) in [5, 5.41) is 3.43. The Labute approximate surface area is 159 Å². The Balaban J connectivity index is 1.45. The van der Waals surface area contributed by atoms with Crippen molar-refractivity contribution < 1.29 is 0 Å². The number of nitrogens with one attached hydrogen (secondary N) is 1. The molecule has 0 atom stereocenters. The van der Waals surface area contributed by atoms with Gasteiger partial charge in [-0.25, -0.2) is 15.0 Å². The van der Waals surface area contributed by atoms with Gasteiger partial charge in [0, 0.05) is 44.1 Å². The fourth-order valence-electron chi connectivity index (χ4n) is 3.32. The molecule has 138 valence electrons. The molecule has 2 aromatic heterocycles. The number of hydrogen-bond donors (Lipinski definition) is 1. The molecule has 27 heavy (non-hydrogen) atoms. The molecule has 0 aliphatic carbocycles. The van der Waals surface area contributed by atoms with Crippen LogP contribution >= 0.6 is 0 Å². The Kier molecular flexibility index (Phi) is 4.87. The largest absolute Gasteiger partial charge is 0.353 e. The van der Waals surface area contributed by atoms with E-state index in [1.54, 1.807) is 6.33 Å². The Morgan fingerprint density at radius 3 is 2.33 bits per heavy atom. The van der Waals surface area contributed by atoms with Crippen LogP contribution in [0.4, 0.5) is 23.1 Å². The summed E-state index contributed by atoms with van der Waals surface area (Å²) in [6.07, 6.45) is 3.48. The van der Waals surface area contributed by atoms with Crippen LogP contribution in [0.2, 0.25) is 0 Å². The monoisotopic (exact) mass is 360 g/mol. The van der Waals surface area contributed by atoms with Crippen molar-refractivity contribution in [3.05, 3.63) is 66.1 Å². The fraction of sp³-hybridized carbons (Fsp3) is 0.286. The summed E-state index contributed by atoms with van der Waals surface area (Å²) in [6.45, 7) is 7.93.